The molecule has 0 fully saturated rings. The quantitative estimate of drug-likeness (QED) is 0.425. The number of hydrogen-bond acceptors (Lipinski definition) is 5. The van der Waals surface area contributed by atoms with E-state index in [2.05, 4.69) is 15.9 Å². The smallest absolute Gasteiger partial charge is 0.456 e. The molecule has 0 atom stereocenters. The lowest BCUT2D eigenvalue weighted by atomic mass is 9.82. The van der Waals surface area contributed by atoms with Gasteiger partial charge in [0.1, 0.15) is 5.75 Å². The average molecular weight is 319 g/mol. The number of benzene rings is 1. The maximum absolute atomic E-state index is 9.00. The predicted molar refractivity (Wildman–Crippen MR) is 71.4 cm³/mol. The molecule has 1 aromatic carbocycles. The lowest BCUT2D eigenvalue weighted by Gasteiger charge is -2.12. The zero-order chi connectivity index (χ0) is 13.4. The van der Waals surface area contributed by atoms with Gasteiger partial charge in [0.25, 0.3) is 0 Å². The van der Waals surface area contributed by atoms with E-state index < -0.39 is 7.12 Å². The van der Waals surface area contributed by atoms with Crippen molar-refractivity contribution in [3.05, 3.63) is 28.2 Å². The van der Waals surface area contributed by atoms with Crippen LogP contribution in [0.15, 0.2) is 22.7 Å². The molecule has 0 radical (unpaired) electrons. The topological polar surface area (TPSA) is 68.2 Å². The summed E-state index contributed by atoms with van der Waals surface area (Å²) >= 11 is 3.32. The van der Waals surface area contributed by atoms with E-state index in [9.17, 15) is 0 Å². The Morgan fingerprint density at radius 3 is 2.72 bits per heavy atom. The summed E-state index contributed by atoms with van der Waals surface area (Å²) < 4.78 is 16.3. The van der Waals surface area contributed by atoms with Crippen LogP contribution in [0, 0.1) is 0 Å². The second-order valence-corrected chi connectivity index (χ2v) is 4.52. The summed E-state index contributed by atoms with van der Waals surface area (Å²) in [5, 5.41) is 18.0. The van der Waals surface area contributed by atoms with Gasteiger partial charge in [-0.1, -0.05) is 15.9 Å². The highest BCUT2D eigenvalue weighted by Gasteiger charge is 2.13. The van der Waals surface area contributed by atoms with Gasteiger partial charge in [0.2, 0.25) is 0 Å². The van der Waals surface area contributed by atoms with E-state index in [0.29, 0.717) is 24.5 Å². The molecule has 0 spiro atoms. The maximum atomic E-state index is 9.00. The minimum Gasteiger partial charge on any atom is -0.467 e. The molecule has 0 aliphatic heterocycles. The summed E-state index contributed by atoms with van der Waals surface area (Å²) in [5.41, 5.74) is 0.703. The zero-order valence-electron chi connectivity index (χ0n) is 10.1. The van der Waals surface area contributed by atoms with Crippen molar-refractivity contribution in [1.29, 1.82) is 0 Å². The highest BCUT2D eigenvalue weighted by Crippen LogP contribution is 2.24. The van der Waals surface area contributed by atoms with Crippen molar-refractivity contribution in [2.75, 3.05) is 27.1 Å². The molecule has 18 heavy (non-hydrogen) atoms. The first-order chi connectivity index (χ1) is 8.63. The third kappa shape index (κ3) is 5.84. The fourth-order valence-electron chi connectivity index (χ4n) is 1.35. The van der Waals surface area contributed by atoms with E-state index in [1.807, 2.05) is 6.07 Å². The van der Waals surface area contributed by atoms with Gasteiger partial charge in [0.05, 0.1) is 13.2 Å². The van der Waals surface area contributed by atoms with Gasteiger partial charge in [-0.2, -0.15) is 0 Å². The summed E-state index contributed by atoms with van der Waals surface area (Å²) in [6.07, 6.45) is 0.104. The minimum absolute atomic E-state index is 0.0967. The number of halogens is 1. The van der Waals surface area contributed by atoms with Gasteiger partial charge in [-0.15, -0.1) is 0 Å². The van der Waals surface area contributed by atoms with Gasteiger partial charge in [0, 0.05) is 17.9 Å². The van der Waals surface area contributed by atoms with Gasteiger partial charge < -0.3 is 24.3 Å². The molecule has 1 aromatic rings. The second kappa shape index (κ2) is 8.50. The molecule has 100 valence electrons. The van der Waals surface area contributed by atoms with Gasteiger partial charge in [-0.3, -0.25) is 0 Å². The molecule has 2 N–H and O–H groups in total. The van der Waals surface area contributed by atoms with E-state index in [4.69, 9.17) is 24.3 Å². The van der Waals surface area contributed by atoms with Crippen LogP contribution in [-0.4, -0.2) is 44.3 Å². The Hall–Kier alpha value is -0.595. The largest absolute Gasteiger partial charge is 0.467 e. The van der Waals surface area contributed by atoms with E-state index in [-0.39, 0.29) is 13.1 Å². The van der Waals surface area contributed by atoms with Crippen molar-refractivity contribution in [1.82, 2.24) is 0 Å². The van der Waals surface area contributed by atoms with Crippen molar-refractivity contribution < 1.29 is 24.3 Å². The SMILES string of the molecule is COCCOCOc1ccc(Br)cc1CB(O)O. The van der Waals surface area contributed by atoms with Crippen molar-refractivity contribution in [3.63, 3.8) is 0 Å². The van der Waals surface area contributed by atoms with Crippen LogP contribution in [0.2, 0.25) is 0 Å². The summed E-state index contributed by atoms with van der Waals surface area (Å²) in [5.74, 6) is 0.573. The molecule has 0 unspecified atom stereocenters. The molecular weight excluding hydrogens is 303 g/mol. The summed E-state index contributed by atoms with van der Waals surface area (Å²) in [6, 6.07) is 5.35. The van der Waals surface area contributed by atoms with Crippen LogP contribution < -0.4 is 4.74 Å². The van der Waals surface area contributed by atoms with E-state index in [1.165, 1.54) is 0 Å². The lowest BCUT2D eigenvalue weighted by molar-refractivity contribution is -0.00883. The molecule has 0 amide bonds. The third-order valence-corrected chi connectivity index (χ3v) is 2.65. The number of methoxy groups -OCH3 is 1. The molecule has 5 nitrogen and oxygen atoms in total. The predicted octanol–water partition coefficient (Wildman–Crippen LogP) is 1.00. The average Bonchev–Trinajstić information content (AvgIpc) is 2.30. The van der Waals surface area contributed by atoms with Gasteiger partial charge in [-0.25, -0.2) is 0 Å². The standard InChI is InChI=1S/C11H16BBrO5/c1-16-4-5-17-8-18-11-3-2-10(13)6-9(11)7-12(14)15/h2-3,6,14-15H,4-5,7-8H2,1H3. The highest BCUT2D eigenvalue weighted by atomic mass is 79.9. The first kappa shape index (κ1) is 15.5. The summed E-state index contributed by atoms with van der Waals surface area (Å²) in [7, 11) is 0.190. The maximum Gasteiger partial charge on any atom is 0.456 e. The van der Waals surface area contributed by atoms with Gasteiger partial charge in [0.15, 0.2) is 6.79 Å². The summed E-state index contributed by atoms with van der Waals surface area (Å²) in [6.45, 7) is 1.05. The fraction of sp³-hybridized carbons (Fsp3) is 0.455. The first-order valence-electron chi connectivity index (χ1n) is 5.47. The van der Waals surface area contributed by atoms with Crippen molar-refractivity contribution in [3.8, 4) is 5.75 Å². The lowest BCUT2D eigenvalue weighted by Crippen LogP contribution is -2.16. The van der Waals surface area contributed by atoms with E-state index in [1.54, 1.807) is 19.2 Å². The minimum atomic E-state index is -1.41. The summed E-state index contributed by atoms with van der Waals surface area (Å²) in [4.78, 5) is 0. The monoisotopic (exact) mass is 318 g/mol. The molecule has 0 bridgehead atoms. The normalized spacial score (nSPS) is 10.4. The molecule has 0 saturated carbocycles. The van der Waals surface area contributed by atoms with Crippen molar-refractivity contribution in [2.24, 2.45) is 0 Å². The molecular formula is C11H16BBrO5. The van der Waals surface area contributed by atoms with Crippen LogP contribution in [0.3, 0.4) is 0 Å². The van der Waals surface area contributed by atoms with Crippen LogP contribution in [0.5, 0.6) is 5.75 Å². The Bertz CT molecular complexity index is 361. The number of rotatable bonds is 8. The molecule has 1 rings (SSSR count). The van der Waals surface area contributed by atoms with Crippen LogP contribution in [0.1, 0.15) is 5.56 Å². The van der Waals surface area contributed by atoms with Crippen LogP contribution in [0.25, 0.3) is 0 Å². The Balaban J connectivity index is 2.52. The molecule has 0 aliphatic carbocycles. The molecule has 0 heterocycles. The molecule has 0 aromatic heterocycles. The Labute approximate surface area is 115 Å². The molecule has 0 saturated heterocycles. The van der Waals surface area contributed by atoms with Gasteiger partial charge >= 0.3 is 7.12 Å². The highest BCUT2D eigenvalue weighted by molar-refractivity contribution is 9.10. The fourth-order valence-corrected chi connectivity index (χ4v) is 1.76. The Kier molecular flexibility index (Phi) is 7.30. The Morgan fingerprint density at radius 2 is 2.06 bits per heavy atom. The van der Waals surface area contributed by atoms with Crippen molar-refractivity contribution >= 4 is 23.0 Å². The van der Waals surface area contributed by atoms with Crippen molar-refractivity contribution in [2.45, 2.75) is 6.32 Å². The van der Waals surface area contributed by atoms with Crippen LogP contribution >= 0.6 is 15.9 Å². The zero-order valence-corrected chi connectivity index (χ0v) is 11.7. The third-order valence-electron chi connectivity index (χ3n) is 2.15. The van der Waals surface area contributed by atoms with E-state index in [0.717, 1.165) is 4.47 Å². The van der Waals surface area contributed by atoms with E-state index >= 15 is 0 Å². The number of hydrogen-bond donors (Lipinski definition) is 2. The first-order valence-corrected chi connectivity index (χ1v) is 6.27. The number of ether oxygens (including phenoxy) is 3. The molecule has 7 heteroatoms. The van der Waals surface area contributed by atoms with Gasteiger partial charge in [-0.05, 0) is 23.8 Å². The Morgan fingerprint density at radius 1 is 1.28 bits per heavy atom. The molecule has 0 aliphatic rings. The second-order valence-electron chi connectivity index (χ2n) is 3.60. The van der Waals surface area contributed by atoms with Crippen LogP contribution in [-0.2, 0) is 15.8 Å². The van der Waals surface area contributed by atoms with Crippen LogP contribution in [0.4, 0.5) is 0 Å².